The van der Waals surface area contributed by atoms with Crippen LogP contribution in [0.1, 0.15) is 57.8 Å². The highest BCUT2D eigenvalue weighted by atomic mass is 15.3. The molecule has 0 amide bonds. The Balaban J connectivity index is 1.75. The second kappa shape index (κ2) is 4.87. The lowest BCUT2D eigenvalue weighted by Crippen LogP contribution is -2.60. The molecule has 2 saturated carbocycles. The Labute approximate surface area is 105 Å². The molecule has 3 heteroatoms. The van der Waals surface area contributed by atoms with Gasteiger partial charge >= 0.3 is 0 Å². The molecule has 1 unspecified atom stereocenters. The van der Waals surface area contributed by atoms with Gasteiger partial charge in [0.25, 0.3) is 0 Å². The second-order valence-corrected chi connectivity index (χ2v) is 6.40. The molecule has 98 valence electrons. The first-order valence-electron chi connectivity index (χ1n) is 7.56. The maximum Gasteiger partial charge on any atom is 0.0397 e. The lowest BCUT2D eigenvalue weighted by Gasteiger charge is -2.45. The first kappa shape index (κ1) is 11.9. The van der Waals surface area contributed by atoms with Crippen LogP contribution in [0.2, 0.25) is 0 Å². The monoisotopic (exact) mass is 237 g/mol. The molecular formula is C14H27N3. The van der Waals surface area contributed by atoms with Crippen LogP contribution >= 0.6 is 0 Å². The van der Waals surface area contributed by atoms with E-state index in [0.717, 1.165) is 5.92 Å². The number of nitrogens with zero attached hydrogens (tertiary/aromatic N) is 1. The van der Waals surface area contributed by atoms with Crippen molar-refractivity contribution in [1.82, 2.24) is 10.3 Å². The fourth-order valence-corrected chi connectivity index (χ4v) is 4.16. The molecule has 1 atom stereocenters. The van der Waals surface area contributed by atoms with Gasteiger partial charge in [-0.3, -0.25) is 16.2 Å². The van der Waals surface area contributed by atoms with E-state index in [1.807, 2.05) is 0 Å². The average molecular weight is 237 g/mol. The Morgan fingerprint density at radius 2 is 1.76 bits per heavy atom. The average Bonchev–Trinajstić information content (AvgIpc) is 2.87. The van der Waals surface area contributed by atoms with Gasteiger partial charge in [0.05, 0.1) is 0 Å². The third-order valence-corrected chi connectivity index (χ3v) is 5.32. The molecular weight excluding hydrogens is 210 g/mol. The summed E-state index contributed by atoms with van der Waals surface area (Å²) in [5, 5.41) is 0. The second-order valence-electron chi connectivity index (χ2n) is 6.40. The zero-order valence-electron chi connectivity index (χ0n) is 11.0. The molecule has 0 radical (unpaired) electrons. The van der Waals surface area contributed by atoms with E-state index in [1.54, 1.807) is 0 Å². The van der Waals surface area contributed by atoms with Gasteiger partial charge in [-0.15, -0.1) is 0 Å². The van der Waals surface area contributed by atoms with Crippen molar-refractivity contribution in [3.63, 3.8) is 0 Å². The standard InChI is InChI=1S/C14H27N3/c15-16-13(11-12-5-6-12)14(7-1-2-8-14)17-9-3-4-10-17/h12-13,16H,1-11,15H2. The number of rotatable bonds is 5. The van der Waals surface area contributed by atoms with Crippen LogP contribution in [0, 0.1) is 5.92 Å². The molecule has 1 heterocycles. The van der Waals surface area contributed by atoms with Crippen molar-refractivity contribution < 1.29 is 0 Å². The largest absolute Gasteiger partial charge is 0.296 e. The normalized spacial score (nSPS) is 30.9. The molecule has 0 aromatic heterocycles. The van der Waals surface area contributed by atoms with E-state index >= 15 is 0 Å². The number of hydrogen-bond donors (Lipinski definition) is 2. The van der Waals surface area contributed by atoms with E-state index in [4.69, 9.17) is 5.84 Å². The molecule has 3 aliphatic rings. The van der Waals surface area contributed by atoms with Gasteiger partial charge in [-0.05, 0) is 51.1 Å². The number of hydrogen-bond acceptors (Lipinski definition) is 3. The lowest BCUT2D eigenvalue weighted by molar-refractivity contribution is 0.0706. The molecule has 3 N–H and O–H groups in total. The van der Waals surface area contributed by atoms with Gasteiger partial charge in [0, 0.05) is 11.6 Å². The molecule has 2 aliphatic carbocycles. The maximum absolute atomic E-state index is 5.90. The highest BCUT2D eigenvalue weighted by Crippen LogP contribution is 2.44. The van der Waals surface area contributed by atoms with E-state index in [-0.39, 0.29) is 0 Å². The summed E-state index contributed by atoms with van der Waals surface area (Å²) in [7, 11) is 0. The molecule has 0 bridgehead atoms. The topological polar surface area (TPSA) is 41.3 Å². The highest BCUT2D eigenvalue weighted by Gasteiger charge is 2.47. The summed E-state index contributed by atoms with van der Waals surface area (Å²) in [6.45, 7) is 2.62. The van der Waals surface area contributed by atoms with Crippen molar-refractivity contribution >= 4 is 0 Å². The number of hydrazine groups is 1. The quantitative estimate of drug-likeness (QED) is 0.568. The van der Waals surface area contributed by atoms with Gasteiger partial charge in [0.2, 0.25) is 0 Å². The molecule has 0 aromatic carbocycles. The van der Waals surface area contributed by atoms with Crippen LogP contribution in [0.25, 0.3) is 0 Å². The Kier molecular flexibility index (Phi) is 3.42. The van der Waals surface area contributed by atoms with Crippen LogP contribution in [0.15, 0.2) is 0 Å². The first-order chi connectivity index (χ1) is 8.35. The molecule has 3 nitrogen and oxygen atoms in total. The van der Waals surface area contributed by atoms with Gasteiger partial charge < -0.3 is 0 Å². The van der Waals surface area contributed by atoms with Gasteiger partial charge in [0.1, 0.15) is 0 Å². The summed E-state index contributed by atoms with van der Waals surface area (Å²) in [6.07, 6.45) is 12.5. The number of likely N-dealkylation sites (tertiary alicyclic amines) is 1. The van der Waals surface area contributed by atoms with Crippen LogP contribution in [0.5, 0.6) is 0 Å². The molecule has 3 rings (SSSR count). The van der Waals surface area contributed by atoms with Crippen molar-refractivity contribution in [2.24, 2.45) is 11.8 Å². The number of nitrogens with one attached hydrogen (secondary N) is 1. The van der Waals surface area contributed by atoms with E-state index in [9.17, 15) is 0 Å². The molecule has 3 fully saturated rings. The fourth-order valence-electron chi connectivity index (χ4n) is 4.16. The van der Waals surface area contributed by atoms with Crippen LogP contribution in [-0.4, -0.2) is 29.6 Å². The Hall–Kier alpha value is -0.120. The van der Waals surface area contributed by atoms with Crippen molar-refractivity contribution in [1.29, 1.82) is 0 Å². The Morgan fingerprint density at radius 1 is 1.12 bits per heavy atom. The molecule has 0 aromatic rings. The first-order valence-corrected chi connectivity index (χ1v) is 7.56. The maximum atomic E-state index is 5.90. The highest BCUT2D eigenvalue weighted by molar-refractivity contribution is 5.05. The number of nitrogens with two attached hydrogens (primary N) is 1. The van der Waals surface area contributed by atoms with Crippen molar-refractivity contribution in [2.45, 2.75) is 69.4 Å². The Bertz CT molecular complexity index is 250. The summed E-state index contributed by atoms with van der Waals surface area (Å²) in [5.74, 6) is 6.87. The summed E-state index contributed by atoms with van der Waals surface area (Å²) in [5.41, 5.74) is 3.60. The summed E-state index contributed by atoms with van der Waals surface area (Å²) in [4.78, 5) is 2.77. The van der Waals surface area contributed by atoms with Crippen LogP contribution in [-0.2, 0) is 0 Å². The van der Waals surface area contributed by atoms with Gasteiger partial charge in [0.15, 0.2) is 0 Å². The molecule has 17 heavy (non-hydrogen) atoms. The van der Waals surface area contributed by atoms with Crippen molar-refractivity contribution in [3.05, 3.63) is 0 Å². The minimum absolute atomic E-state index is 0.411. The van der Waals surface area contributed by atoms with Gasteiger partial charge in [-0.25, -0.2) is 0 Å². The van der Waals surface area contributed by atoms with Gasteiger partial charge in [-0.2, -0.15) is 0 Å². The predicted molar refractivity (Wildman–Crippen MR) is 70.5 cm³/mol. The Morgan fingerprint density at radius 3 is 2.29 bits per heavy atom. The minimum Gasteiger partial charge on any atom is -0.296 e. The predicted octanol–water partition coefficient (Wildman–Crippen LogP) is 2.03. The summed E-state index contributed by atoms with van der Waals surface area (Å²) < 4.78 is 0. The smallest absolute Gasteiger partial charge is 0.0397 e. The van der Waals surface area contributed by atoms with Crippen LogP contribution in [0.4, 0.5) is 0 Å². The van der Waals surface area contributed by atoms with E-state index < -0.39 is 0 Å². The molecule has 1 saturated heterocycles. The van der Waals surface area contributed by atoms with E-state index in [0.29, 0.717) is 11.6 Å². The molecule has 0 spiro atoms. The summed E-state index contributed by atoms with van der Waals surface area (Å²) in [6, 6.07) is 0.538. The van der Waals surface area contributed by atoms with Crippen LogP contribution < -0.4 is 11.3 Å². The van der Waals surface area contributed by atoms with Crippen molar-refractivity contribution in [3.8, 4) is 0 Å². The zero-order valence-corrected chi connectivity index (χ0v) is 11.0. The fraction of sp³-hybridized carbons (Fsp3) is 1.00. The van der Waals surface area contributed by atoms with Crippen LogP contribution in [0.3, 0.4) is 0 Å². The third-order valence-electron chi connectivity index (χ3n) is 5.32. The van der Waals surface area contributed by atoms with Gasteiger partial charge in [-0.1, -0.05) is 25.7 Å². The lowest BCUT2D eigenvalue weighted by atomic mass is 9.83. The van der Waals surface area contributed by atoms with E-state index in [1.165, 1.54) is 70.9 Å². The van der Waals surface area contributed by atoms with Crippen molar-refractivity contribution in [2.75, 3.05) is 13.1 Å². The molecule has 1 aliphatic heterocycles. The minimum atomic E-state index is 0.411. The summed E-state index contributed by atoms with van der Waals surface area (Å²) >= 11 is 0. The van der Waals surface area contributed by atoms with E-state index in [2.05, 4.69) is 10.3 Å². The SMILES string of the molecule is NNC(CC1CC1)C1(N2CCCC2)CCCC1. The zero-order chi connectivity index (χ0) is 11.7. The third kappa shape index (κ3) is 2.25.